The van der Waals surface area contributed by atoms with Gasteiger partial charge in [-0.2, -0.15) is 18.3 Å². The molecular weight excluding hydrogens is 397 g/mol. The van der Waals surface area contributed by atoms with Crippen molar-refractivity contribution >= 4 is 11.5 Å². The Hall–Kier alpha value is -3.50. The number of imidazole rings is 2. The SMILES string of the molecule is FC(F)(F)c1ccc2ncc(-c3cc(N4CCCC(c5cnc[nH]5)C4)ncn3)n2n1. The van der Waals surface area contributed by atoms with Gasteiger partial charge in [-0.05, 0) is 25.0 Å². The lowest BCUT2D eigenvalue weighted by Crippen LogP contribution is -2.35. The van der Waals surface area contributed by atoms with E-state index in [1.807, 2.05) is 6.20 Å². The minimum absolute atomic E-state index is 0.312. The number of nitrogens with one attached hydrogen (secondary N) is 1. The highest BCUT2D eigenvalue weighted by Crippen LogP contribution is 2.31. The molecule has 1 aliphatic heterocycles. The van der Waals surface area contributed by atoms with Crippen molar-refractivity contribution in [2.24, 2.45) is 0 Å². The van der Waals surface area contributed by atoms with Gasteiger partial charge in [-0.3, -0.25) is 0 Å². The highest BCUT2D eigenvalue weighted by Gasteiger charge is 2.33. The standard InChI is InChI=1S/C19H17F3N8/c20-19(21,22)16-3-4-17-24-8-15(30(17)28-16)13-6-18(27-11-26-13)29-5-1-2-12(9-29)14-7-23-10-25-14/h3-4,6-8,10-12H,1-2,5,9H2,(H,23,25). The third-order valence-electron chi connectivity index (χ3n) is 5.27. The molecule has 0 radical (unpaired) electrons. The van der Waals surface area contributed by atoms with Crippen molar-refractivity contribution in [3.05, 3.63) is 54.6 Å². The summed E-state index contributed by atoms with van der Waals surface area (Å²) in [4.78, 5) is 22.2. The van der Waals surface area contributed by atoms with E-state index in [1.54, 1.807) is 12.4 Å². The monoisotopic (exact) mass is 414 g/mol. The molecule has 4 aromatic rings. The van der Waals surface area contributed by atoms with Crippen LogP contribution in [0.1, 0.15) is 30.1 Å². The molecule has 1 fully saturated rings. The highest BCUT2D eigenvalue weighted by molar-refractivity contribution is 5.62. The summed E-state index contributed by atoms with van der Waals surface area (Å²) in [5.74, 6) is 1.03. The lowest BCUT2D eigenvalue weighted by molar-refractivity contribution is -0.141. The van der Waals surface area contributed by atoms with Crippen LogP contribution in [0.15, 0.2) is 43.2 Å². The first-order valence-corrected chi connectivity index (χ1v) is 9.46. The fourth-order valence-corrected chi connectivity index (χ4v) is 3.79. The van der Waals surface area contributed by atoms with Crippen molar-refractivity contribution in [3.63, 3.8) is 0 Å². The van der Waals surface area contributed by atoms with Crippen molar-refractivity contribution in [2.45, 2.75) is 24.9 Å². The normalized spacial score (nSPS) is 17.6. The van der Waals surface area contributed by atoms with Gasteiger partial charge < -0.3 is 9.88 Å². The number of aromatic nitrogens is 7. The number of halogens is 3. The number of rotatable bonds is 3. The third-order valence-corrected chi connectivity index (χ3v) is 5.27. The number of piperidine rings is 1. The van der Waals surface area contributed by atoms with Crippen molar-refractivity contribution in [2.75, 3.05) is 18.0 Å². The molecule has 0 amide bonds. The zero-order chi connectivity index (χ0) is 20.7. The first-order valence-electron chi connectivity index (χ1n) is 9.46. The van der Waals surface area contributed by atoms with Crippen molar-refractivity contribution in [1.82, 2.24) is 34.5 Å². The zero-order valence-electron chi connectivity index (χ0n) is 15.7. The summed E-state index contributed by atoms with van der Waals surface area (Å²) in [6.07, 6.45) is 3.90. The van der Waals surface area contributed by atoms with Gasteiger partial charge in [0, 0.05) is 37.0 Å². The van der Waals surface area contributed by atoms with Crippen LogP contribution in [0.5, 0.6) is 0 Å². The van der Waals surface area contributed by atoms with Crippen molar-refractivity contribution < 1.29 is 13.2 Å². The van der Waals surface area contributed by atoms with E-state index < -0.39 is 11.9 Å². The molecule has 0 saturated carbocycles. The first kappa shape index (κ1) is 18.5. The predicted molar refractivity (Wildman–Crippen MR) is 102 cm³/mol. The Morgan fingerprint density at radius 3 is 2.80 bits per heavy atom. The Kier molecular flexibility index (Phi) is 4.37. The largest absolute Gasteiger partial charge is 0.435 e. The van der Waals surface area contributed by atoms with E-state index in [4.69, 9.17) is 0 Å². The zero-order valence-corrected chi connectivity index (χ0v) is 15.7. The summed E-state index contributed by atoms with van der Waals surface area (Å²) in [5, 5.41) is 3.71. The lowest BCUT2D eigenvalue weighted by atomic mass is 9.95. The molecule has 5 rings (SSSR count). The number of anilines is 1. The Morgan fingerprint density at radius 2 is 2.00 bits per heavy atom. The van der Waals surface area contributed by atoms with E-state index in [0.717, 1.165) is 37.7 Å². The maximum atomic E-state index is 13.1. The second-order valence-corrected chi connectivity index (χ2v) is 7.18. The van der Waals surface area contributed by atoms with Gasteiger partial charge in [-0.15, -0.1) is 0 Å². The summed E-state index contributed by atoms with van der Waals surface area (Å²) in [7, 11) is 0. The molecule has 4 aromatic heterocycles. The first-order chi connectivity index (χ1) is 14.5. The molecule has 8 nitrogen and oxygen atoms in total. The van der Waals surface area contributed by atoms with Gasteiger partial charge in [0.1, 0.15) is 17.8 Å². The highest BCUT2D eigenvalue weighted by atomic mass is 19.4. The number of nitrogens with zero attached hydrogens (tertiary/aromatic N) is 7. The molecule has 1 N–H and O–H groups in total. The van der Waals surface area contributed by atoms with Gasteiger partial charge in [0.05, 0.1) is 18.2 Å². The van der Waals surface area contributed by atoms with Crippen LogP contribution in [-0.4, -0.2) is 47.6 Å². The van der Waals surface area contributed by atoms with Gasteiger partial charge in [0.15, 0.2) is 11.3 Å². The van der Waals surface area contributed by atoms with Crippen LogP contribution >= 0.6 is 0 Å². The number of H-pyrrole nitrogens is 1. The second kappa shape index (κ2) is 7.08. The van der Waals surface area contributed by atoms with E-state index in [1.165, 1.54) is 23.1 Å². The van der Waals surface area contributed by atoms with Crippen LogP contribution < -0.4 is 4.90 Å². The van der Waals surface area contributed by atoms with Gasteiger partial charge in [0.2, 0.25) is 0 Å². The number of hydrogen-bond acceptors (Lipinski definition) is 6. The van der Waals surface area contributed by atoms with Gasteiger partial charge >= 0.3 is 6.18 Å². The molecule has 1 aliphatic rings. The van der Waals surface area contributed by atoms with Crippen LogP contribution in [0.2, 0.25) is 0 Å². The maximum absolute atomic E-state index is 13.1. The Bertz CT molecular complexity index is 1170. The van der Waals surface area contributed by atoms with E-state index in [2.05, 4.69) is 34.9 Å². The van der Waals surface area contributed by atoms with E-state index in [9.17, 15) is 13.2 Å². The Balaban J connectivity index is 1.48. The van der Waals surface area contributed by atoms with E-state index in [-0.39, 0.29) is 0 Å². The summed E-state index contributed by atoms with van der Waals surface area (Å²) < 4.78 is 40.4. The van der Waals surface area contributed by atoms with Crippen LogP contribution in [0.4, 0.5) is 19.0 Å². The molecule has 0 aromatic carbocycles. The molecule has 5 heterocycles. The van der Waals surface area contributed by atoms with Crippen LogP contribution in [0, 0.1) is 0 Å². The molecular formula is C19H17F3N8. The number of hydrogen-bond donors (Lipinski definition) is 1. The summed E-state index contributed by atoms with van der Waals surface area (Å²) >= 11 is 0. The Labute approximate surface area is 168 Å². The topological polar surface area (TPSA) is 87.9 Å². The molecule has 0 bridgehead atoms. The van der Waals surface area contributed by atoms with E-state index in [0.29, 0.717) is 28.8 Å². The second-order valence-electron chi connectivity index (χ2n) is 7.18. The van der Waals surface area contributed by atoms with Gasteiger partial charge in [-0.1, -0.05) is 0 Å². The number of aromatic amines is 1. The molecule has 1 atom stereocenters. The average molecular weight is 414 g/mol. The number of fused-ring (bicyclic) bond motifs is 1. The minimum atomic E-state index is -4.54. The predicted octanol–water partition coefficient (Wildman–Crippen LogP) is 3.31. The van der Waals surface area contributed by atoms with Crippen LogP contribution in [0.25, 0.3) is 17.0 Å². The van der Waals surface area contributed by atoms with Crippen molar-refractivity contribution in [3.8, 4) is 11.4 Å². The third kappa shape index (κ3) is 3.36. The minimum Gasteiger partial charge on any atom is -0.356 e. The molecule has 0 aliphatic carbocycles. The quantitative estimate of drug-likeness (QED) is 0.553. The number of alkyl halides is 3. The summed E-state index contributed by atoms with van der Waals surface area (Å²) in [6, 6.07) is 3.97. The maximum Gasteiger partial charge on any atom is 0.435 e. The smallest absolute Gasteiger partial charge is 0.356 e. The van der Waals surface area contributed by atoms with Crippen LogP contribution in [0.3, 0.4) is 0 Å². The van der Waals surface area contributed by atoms with Gasteiger partial charge in [0.25, 0.3) is 0 Å². The fraction of sp³-hybridized carbons (Fsp3) is 0.316. The summed E-state index contributed by atoms with van der Waals surface area (Å²) in [6.45, 7) is 1.60. The van der Waals surface area contributed by atoms with E-state index >= 15 is 0 Å². The van der Waals surface area contributed by atoms with Crippen LogP contribution in [-0.2, 0) is 6.18 Å². The summed E-state index contributed by atoms with van der Waals surface area (Å²) in [5.41, 5.74) is 1.25. The fourth-order valence-electron chi connectivity index (χ4n) is 3.79. The average Bonchev–Trinajstić information content (AvgIpc) is 3.43. The van der Waals surface area contributed by atoms with Gasteiger partial charge in [-0.25, -0.2) is 24.5 Å². The lowest BCUT2D eigenvalue weighted by Gasteiger charge is -2.33. The molecule has 154 valence electrons. The molecule has 1 unspecified atom stereocenters. The Morgan fingerprint density at radius 1 is 1.10 bits per heavy atom. The molecule has 1 saturated heterocycles. The molecule has 11 heteroatoms. The van der Waals surface area contributed by atoms with Crippen molar-refractivity contribution in [1.29, 1.82) is 0 Å². The molecule has 0 spiro atoms. The molecule has 30 heavy (non-hydrogen) atoms.